The number of rotatable bonds is 3. The highest BCUT2D eigenvalue weighted by Crippen LogP contribution is 2.39. The average molecular weight is 310 g/mol. The molecule has 0 aromatic heterocycles. The van der Waals surface area contributed by atoms with E-state index in [1.54, 1.807) is 13.8 Å². The fourth-order valence-corrected chi connectivity index (χ4v) is 1.67. The molecule has 1 rings (SSSR count). The van der Waals surface area contributed by atoms with Crippen LogP contribution < -0.4 is 4.74 Å². The Morgan fingerprint density at radius 1 is 1.62 bits per heavy atom. The number of hydrogen-bond donors (Lipinski definition) is 1. The van der Waals surface area contributed by atoms with Gasteiger partial charge >= 0.3 is 5.97 Å². The van der Waals surface area contributed by atoms with Crippen LogP contribution in [0.2, 0.25) is 5.02 Å². The molecule has 4 nitrogen and oxygen atoms in total. The van der Waals surface area contributed by atoms with Gasteiger partial charge in [0.25, 0.3) is 0 Å². The summed E-state index contributed by atoms with van der Waals surface area (Å²) in [6.07, 6.45) is 0. The minimum Gasteiger partial charge on any atom is -0.503 e. The lowest BCUT2D eigenvalue weighted by Gasteiger charge is -2.12. The van der Waals surface area contributed by atoms with E-state index >= 15 is 0 Å². The molecule has 6 heteroatoms. The summed E-state index contributed by atoms with van der Waals surface area (Å²) in [5.41, 5.74) is 0.689. The molecule has 0 unspecified atom stereocenters. The van der Waals surface area contributed by atoms with Crippen LogP contribution in [0.5, 0.6) is 11.5 Å². The molecular weight excluding hydrogens is 299 g/mol. The van der Waals surface area contributed by atoms with Crippen LogP contribution in [0.15, 0.2) is 6.07 Å². The number of phenolic OH excluding ortho intramolecular Hbond substituents is 1. The third kappa shape index (κ3) is 2.41. The van der Waals surface area contributed by atoms with E-state index in [0.29, 0.717) is 12.2 Å². The number of halogens is 2. The first-order valence-electron chi connectivity index (χ1n) is 4.50. The van der Waals surface area contributed by atoms with Crippen molar-refractivity contribution in [1.29, 1.82) is 0 Å². The van der Waals surface area contributed by atoms with Gasteiger partial charge in [0.15, 0.2) is 27.8 Å². The number of benzene rings is 1. The van der Waals surface area contributed by atoms with Crippen LogP contribution >= 0.6 is 27.9 Å². The Kier molecular flexibility index (Phi) is 4.44. The molecule has 0 saturated carbocycles. The molecule has 0 spiro atoms. The Morgan fingerprint density at radius 3 is 2.75 bits per heavy atom. The molecule has 0 amide bonds. The first-order chi connectivity index (χ1) is 7.52. The van der Waals surface area contributed by atoms with Crippen molar-refractivity contribution in [3.63, 3.8) is 0 Å². The van der Waals surface area contributed by atoms with E-state index in [1.165, 1.54) is 6.07 Å². The molecule has 1 N–H and O–H groups in total. The minimum atomic E-state index is -0.675. The number of aryl methyl sites for hydroxylation is 1. The van der Waals surface area contributed by atoms with Crippen LogP contribution in [0.1, 0.15) is 22.8 Å². The predicted molar refractivity (Wildman–Crippen MR) is 63.4 cm³/mol. The molecule has 0 aliphatic rings. The van der Waals surface area contributed by atoms with E-state index < -0.39 is 5.97 Å². The Hall–Kier alpha value is -0.940. The summed E-state index contributed by atoms with van der Waals surface area (Å²) in [7, 11) is 0. The number of aromatic hydroxyl groups is 1. The minimum absolute atomic E-state index is 0.0806. The van der Waals surface area contributed by atoms with E-state index in [2.05, 4.69) is 20.1 Å². The maximum atomic E-state index is 11.3. The van der Waals surface area contributed by atoms with Crippen LogP contribution in [-0.2, 0) is 3.83 Å². The summed E-state index contributed by atoms with van der Waals surface area (Å²) in [5, 5.41) is 9.67. The number of carbonyl (C=O) groups excluding carboxylic acids is 1. The molecule has 1 aromatic rings. The van der Waals surface area contributed by atoms with Crippen LogP contribution in [0.4, 0.5) is 0 Å². The Labute approximate surface area is 107 Å². The van der Waals surface area contributed by atoms with E-state index in [0.717, 1.165) is 0 Å². The van der Waals surface area contributed by atoms with Crippen LogP contribution in [0, 0.1) is 6.92 Å². The fourth-order valence-electron chi connectivity index (χ4n) is 1.28. The van der Waals surface area contributed by atoms with Crippen molar-refractivity contribution >= 4 is 33.8 Å². The molecule has 1 aromatic carbocycles. The number of hydrogen-bond acceptors (Lipinski definition) is 4. The van der Waals surface area contributed by atoms with Crippen LogP contribution in [-0.4, -0.2) is 17.7 Å². The van der Waals surface area contributed by atoms with Gasteiger partial charge in [-0.3, -0.25) is 0 Å². The summed E-state index contributed by atoms with van der Waals surface area (Å²) in [5.74, 6) is -0.651. The largest absolute Gasteiger partial charge is 0.503 e. The third-order valence-corrected chi connectivity index (χ3v) is 2.63. The SMILES string of the molecule is CCOc1c(C)cc(C(=O)OBr)c(Cl)c1O. The van der Waals surface area contributed by atoms with Gasteiger partial charge in [0.2, 0.25) is 0 Å². The summed E-state index contributed by atoms with van der Waals surface area (Å²) >= 11 is 8.39. The smallest absolute Gasteiger partial charge is 0.351 e. The molecule has 0 radical (unpaired) electrons. The molecule has 88 valence electrons. The number of ether oxygens (including phenoxy) is 1. The summed E-state index contributed by atoms with van der Waals surface area (Å²) < 4.78 is 9.58. The number of carbonyl (C=O) groups is 1. The maximum Gasteiger partial charge on any atom is 0.351 e. The highest BCUT2D eigenvalue weighted by molar-refractivity contribution is 9.06. The second-order valence-corrected chi connectivity index (χ2v) is 3.73. The maximum absolute atomic E-state index is 11.3. The standard InChI is InChI=1S/C10H10BrClO4/c1-3-15-9-5(2)4-6(10(14)16-11)7(12)8(9)13/h4,13H,3H2,1-2H3. The fraction of sp³-hybridized carbons (Fsp3) is 0.300. The first kappa shape index (κ1) is 13.1. The van der Waals surface area contributed by atoms with E-state index in [4.69, 9.17) is 16.3 Å². The molecule has 0 atom stereocenters. The normalized spacial score (nSPS) is 10.0. The van der Waals surface area contributed by atoms with Crippen LogP contribution in [0.3, 0.4) is 0 Å². The Balaban J connectivity index is 3.33. The van der Waals surface area contributed by atoms with E-state index in [9.17, 15) is 9.90 Å². The van der Waals surface area contributed by atoms with Gasteiger partial charge in [-0.25, -0.2) is 4.79 Å². The summed E-state index contributed by atoms with van der Waals surface area (Å²) in [4.78, 5) is 11.3. The summed E-state index contributed by atoms with van der Waals surface area (Å²) in [6, 6.07) is 1.50. The topological polar surface area (TPSA) is 55.8 Å². The van der Waals surface area contributed by atoms with Gasteiger partial charge in [-0.2, -0.15) is 0 Å². The highest BCUT2D eigenvalue weighted by Gasteiger charge is 2.20. The lowest BCUT2D eigenvalue weighted by atomic mass is 10.1. The van der Waals surface area contributed by atoms with Crippen molar-refractivity contribution in [3.8, 4) is 11.5 Å². The Bertz CT molecular complexity index is 420. The second-order valence-electron chi connectivity index (χ2n) is 3.03. The van der Waals surface area contributed by atoms with Gasteiger partial charge in [0.1, 0.15) is 5.02 Å². The first-order valence-corrected chi connectivity index (χ1v) is 5.53. The van der Waals surface area contributed by atoms with Crippen molar-refractivity contribution in [2.75, 3.05) is 6.61 Å². The zero-order valence-corrected chi connectivity index (χ0v) is 11.1. The van der Waals surface area contributed by atoms with Gasteiger partial charge in [0.05, 0.1) is 12.2 Å². The van der Waals surface area contributed by atoms with Crippen molar-refractivity contribution in [1.82, 2.24) is 0 Å². The zero-order chi connectivity index (χ0) is 12.3. The van der Waals surface area contributed by atoms with E-state index in [-0.39, 0.29) is 22.1 Å². The van der Waals surface area contributed by atoms with Crippen LogP contribution in [0.25, 0.3) is 0 Å². The van der Waals surface area contributed by atoms with E-state index in [1.807, 2.05) is 0 Å². The van der Waals surface area contributed by atoms with Gasteiger partial charge < -0.3 is 13.7 Å². The lowest BCUT2D eigenvalue weighted by Crippen LogP contribution is -2.02. The molecule has 0 aliphatic carbocycles. The predicted octanol–water partition coefficient (Wildman–Crippen LogP) is 3.22. The van der Waals surface area contributed by atoms with Gasteiger partial charge in [0, 0.05) is 0 Å². The van der Waals surface area contributed by atoms with Gasteiger partial charge in [-0.1, -0.05) is 11.6 Å². The van der Waals surface area contributed by atoms with Gasteiger partial charge in [-0.15, -0.1) is 0 Å². The molecule has 16 heavy (non-hydrogen) atoms. The molecule has 0 bridgehead atoms. The monoisotopic (exact) mass is 308 g/mol. The third-order valence-electron chi connectivity index (χ3n) is 1.96. The average Bonchev–Trinajstić information content (AvgIpc) is 2.28. The lowest BCUT2D eigenvalue weighted by molar-refractivity contribution is 0.0781. The second kappa shape index (κ2) is 5.41. The van der Waals surface area contributed by atoms with Crippen molar-refractivity contribution in [2.45, 2.75) is 13.8 Å². The molecule has 0 aliphatic heterocycles. The van der Waals surface area contributed by atoms with Crippen molar-refractivity contribution in [3.05, 3.63) is 22.2 Å². The van der Waals surface area contributed by atoms with Crippen molar-refractivity contribution < 1.29 is 18.5 Å². The molecule has 0 heterocycles. The highest BCUT2D eigenvalue weighted by atomic mass is 79.9. The zero-order valence-electron chi connectivity index (χ0n) is 8.71. The Morgan fingerprint density at radius 2 is 2.25 bits per heavy atom. The molecule has 0 fully saturated rings. The molecule has 0 saturated heterocycles. The van der Waals surface area contributed by atoms with Crippen molar-refractivity contribution in [2.24, 2.45) is 0 Å². The summed E-state index contributed by atoms with van der Waals surface area (Å²) in [6.45, 7) is 3.88. The van der Waals surface area contributed by atoms with Gasteiger partial charge in [-0.05, 0) is 25.5 Å². The quantitative estimate of drug-likeness (QED) is 0.931. The number of phenols is 1. The molecular formula is C10H10BrClO4.